The summed E-state index contributed by atoms with van der Waals surface area (Å²) in [5, 5.41) is 9.70. The molecule has 2 N–H and O–H groups in total. The Morgan fingerprint density at radius 2 is 1.91 bits per heavy atom. The lowest BCUT2D eigenvalue weighted by Crippen LogP contribution is -2.46. The van der Waals surface area contributed by atoms with E-state index >= 15 is 0 Å². The molecule has 4 atom stereocenters. The number of rotatable bonds is 6. The fourth-order valence-electron chi connectivity index (χ4n) is 6.51. The molecule has 2 saturated heterocycles. The van der Waals surface area contributed by atoms with Crippen LogP contribution in [-0.2, 0) is 26.5 Å². The minimum Gasteiger partial charge on any atom is -0.432 e. The summed E-state index contributed by atoms with van der Waals surface area (Å²) in [6, 6.07) is 15.6. The number of fused-ring (bicyclic) bond motifs is 2. The molecule has 8 heteroatoms. The SMILES string of the molecule is C[C@@H]1[C@@H]([Si](C)(C)O)[C@H](CCO)O[C@@]12C(=O)N(Cc1cccc(N3CCCC3=O)c1)c1ccccc12. The number of anilines is 2. The van der Waals surface area contributed by atoms with Gasteiger partial charge in [0, 0.05) is 42.3 Å². The molecule has 7 nitrogen and oxygen atoms in total. The summed E-state index contributed by atoms with van der Waals surface area (Å²) in [5.74, 6) is -0.232. The quantitative estimate of drug-likeness (QED) is 0.600. The normalized spacial score (nSPS) is 28.4. The molecule has 3 aliphatic heterocycles. The minimum atomic E-state index is -2.70. The van der Waals surface area contributed by atoms with Gasteiger partial charge in [0.1, 0.15) is 0 Å². The monoisotopic (exact) mass is 494 g/mol. The number of nitrogens with zero attached hydrogens (tertiary/aromatic N) is 2. The predicted octanol–water partition coefficient (Wildman–Crippen LogP) is 3.54. The standard InChI is InChI=1S/C27H34N2O5Si/c1-18-25(35(2,3)33)23(13-15-30)34-27(18)21-10-4-5-11-22(21)29(26(27)32)17-19-8-6-9-20(16-19)28-14-7-12-24(28)31/h4-6,8-11,16,18,23,25,30,33H,7,12-15,17H2,1-3H3/t18-,23+,25-,27+/m1/s1. The summed E-state index contributed by atoms with van der Waals surface area (Å²) in [5.41, 5.74) is 2.07. The molecule has 0 saturated carbocycles. The second-order valence-electron chi connectivity index (χ2n) is 10.6. The number of hydrogen-bond donors (Lipinski definition) is 2. The van der Waals surface area contributed by atoms with Crippen LogP contribution in [0, 0.1) is 5.92 Å². The molecule has 3 aliphatic rings. The summed E-state index contributed by atoms with van der Waals surface area (Å²) in [6.45, 7) is 6.79. The van der Waals surface area contributed by atoms with E-state index in [2.05, 4.69) is 0 Å². The Morgan fingerprint density at radius 1 is 1.14 bits per heavy atom. The third kappa shape index (κ3) is 3.83. The molecular weight excluding hydrogens is 460 g/mol. The molecular formula is C27H34N2O5Si. The highest BCUT2D eigenvalue weighted by Crippen LogP contribution is 2.59. The number of hydrogen-bond acceptors (Lipinski definition) is 5. The van der Waals surface area contributed by atoms with Crippen LogP contribution in [0.25, 0.3) is 0 Å². The van der Waals surface area contributed by atoms with E-state index in [1.165, 1.54) is 0 Å². The van der Waals surface area contributed by atoms with E-state index in [1.807, 2.05) is 73.4 Å². The second kappa shape index (κ2) is 8.85. The van der Waals surface area contributed by atoms with Crippen LogP contribution >= 0.6 is 0 Å². The van der Waals surface area contributed by atoms with Crippen LogP contribution in [0.1, 0.15) is 37.3 Å². The van der Waals surface area contributed by atoms with Crippen LogP contribution in [-0.4, -0.2) is 49.3 Å². The van der Waals surface area contributed by atoms with Crippen molar-refractivity contribution < 1.29 is 24.2 Å². The largest absolute Gasteiger partial charge is 0.432 e. The first-order valence-corrected chi connectivity index (χ1v) is 15.5. The zero-order chi connectivity index (χ0) is 25.0. The van der Waals surface area contributed by atoms with Crippen LogP contribution in [0.2, 0.25) is 18.6 Å². The van der Waals surface area contributed by atoms with Gasteiger partial charge in [-0.05, 0) is 49.7 Å². The number of ether oxygens (including phenoxy) is 1. The fraction of sp³-hybridized carbons (Fsp3) is 0.481. The molecule has 3 heterocycles. The number of para-hydroxylation sites is 1. The highest BCUT2D eigenvalue weighted by molar-refractivity contribution is 6.71. The van der Waals surface area contributed by atoms with E-state index in [4.69, 9.17) is 4.74 Å². The third-order valence-corrected chi connectivity index (χ3v) is 10.4. The van der Waals surface area contributed by atoms with E-state index in [0.29, 0.717) is 19.4 Å². The van der Waals surface area contributed by atoms with Gasteiger partial charge >= 0.3 is 0 Å². The van der Waals surface area contributed by atoms with Gasteiger partial charge in [-0.25, -0.2) is 0 Å². The second-order valence-corrected chi connectivity index (χ2v) is 14.6. The van der Waals surface area contributed by atoms with Crippen molar-refractivity contribution in [2.24, 2.45) is 5.92 Å². The molecule has 0 bridgehead atoms. The van der Waals surface area contributed by atoms with E-state index in [9.17, 15) is 19.5 Å². The minimum absolute atomic E-state index is 0.0595. The molecule has 2 aromatic rings. The maximum absolute atomic E-state index is 14.2. The van der Waals surface area contributed by atoms with Crippen molar-refractivity contribution in [3.63, 3.8) is 0 Å². The molecule has 1 spiro atoms. The van der Waals surface area contributed by atoms with Crippen molar-refractivity contribution >= 4 is 31.5 Å². The first-order valence-electron chi connectivity index (χ1n) is 12.5. The Balaban J connectivity index is 1.52. The van der Waals surface area contributed by atoms with Crippen LogP contribution in [0.5, 0.6) is 0 Å². The van der Waals surface area contributed by atoms with E-state index in [0.717, 1.165) is 35.5 Å². The van der Waals surface area contributed by atoms with Crippen molar-refractivity contribution in [2.45, 2.75) is 63.1 Å². The molecule has 186 valence electrons. The molecule has 35 heavy (non-hydrogen) atoms. The third-order valence-electron chi connectivity index (χ3n) is 7.94. The lowest BCUT2D eigenvalue weighted by atomic mass is 9.82. The lowest BCUT2D eigenvalue weighted by molar-refractivity contribution is -0.146. The molecule has 0 unspecified atom stereocenters. The number of carbonyl (C=O) groups excluding carboxylic acids is 2. The van der Waals surface area contributed by atoms with Crippen LogP contribution in [0.15, 0.2) is 48.5 Å². The summed E-state index contributed by atoms with van der Waals surface area (Å²) < 4.78 is 6.60. The number of amides is 2. The fourth-order valence-corrected chi connectivity index (χ4v) is 9.12. The van der Waals surface area contributed by atoms with E-state index < -0.39 is 13.9 Å². The summed E-state index contributed by atoms with van der Waals surface area (Å²) in [7, 11) is -2.70. The van der Waals surface area contributed by atoms with Gasteiger partial charge in [0.15, 0.2) is 13.9 Å². The first kappa shape index (κ1) is 24.2. The summed E-state index contributed by atoms with van der Waals surface area (Å²) >= 11 is 0. The molecule has 2 aromatic carbocycles. The summed E-state index contributed by atoms with van der Waals surface area (Å²) in [4.78, 5) is 41.2. The Kier molecular flexibility index (Phi) is 6.12. The Hall–Kier alpha value is -2.52. The Bertz CT molecular complexity index is 1150. The van der Waals surface area contributed by atoms with E-state index in [-0.39, 0.29) is 36.0 Å². The number of benzene rings is 2. The topological polar surface area (TPSA) is 90.3 Å². The average molecular weight is 495 g/mol. The van der Waals surface area contributed by atoms with Crippen molar-refractivity contribution in [1.29, 1.82) is 0 Å². The van der Waals surface area contributed by atoms with Crippen molar-refractivity contribution in [1.82, 2.24) is 0 Å². The van der Waals surface area contributed by atoms with Gasteiger partial charge in [-0.3, -0.25) is 9.59 Å². The van der Waals surface area contributed by atoms with Gasteiger partial charge in [-0.1, -0.05) is 37.3 Å². The smallest absolute Gasteiger partial charge is 0.264 e. The molecule has 0 aromatic heterocycles. The van der Waals surface area contributed by atoms with Gasteiger partial charge in [-0.2, -0.15) is 0 Å². The molecule has 2 fully saturated rings. The highest BCUT2D eigenvalue weighted by atomic mass is 28.4. The number of aliphatic hydroxyl groups is 1. The van der Waals surface area contributed by atoms with Gasteiger partial charge < -0.3 is 24.4 Å². The van der Waals surface area contributed by atoms with Crippen LogP contribution in [0.3, 0.4) is 0 Å². The maximum atomic E-state index is 14.2. The highest BCUT2D eigenvalue weighted by Gasteiger charge is 2.65. The molecule has 0 aliphatic carbocycles. The predicted molar refractivity (Wildman–Crippen MR) is 137 cm³/mol. The van der Waals surface area contributed by atoms with Gasteiger partial charge in [-0.15, -0.1) is 0 Å². The maximum Gasteiger partial charge on any atom is 0.264 e. The van der Waals surface area contributed by atoms with Gasteiger partial charge in [0.2, 0.25) is 5.91 Å². The zero-order valence-electron chi connectivity index (χ0n) is 20.6. The number of carbonyl (C=O) groups is 2. The van der Waals surface area contributed by atoms with Gasteiger partial charge in [0.05, 0.1) is 18.3 Å². The van der Waals surface area contributed by atoms with Crippen molar-refractivity contribution in [3.05, 3.63) is 59.7 Å². The van der Waals surface area contributed by atoms with Gasteiger partial charge in [0.25, 0.3) is 5.91 Å². The Labute approximate surface area is 207 Å². The molecule has 0 radical (unpaired) electrons. The zero-order valence-corrected chi connectivity index (χ0v) is 21.6. The first-order chi connectivity index (χ1) is 16.7. The van der Waals surface area contributed by atoms with Crippen molar-refractivity contribution in [3.8, 4) is 0 Å². The average Bonchev–Trinajstić information content (AvgIpc) is 3.44. The lowest BCUT2D eigenvalue weighted by Gasteiger charge is -2.32. The Morgan fingerprint density at radius 3 is 2.60 bits per heavy atom. The summed E-state index contributed by atoms with van der Waals surface area (Å²) in [6.07, 6.45) is 1.43. The van der Waals surface area contributed by atoms with Crippen molar-refractivity contribution in [2.75, 3.05) is 23.0 Å². The van der Waals surface area contributed by atoms with Crippen LogP contribution < -0.4 is 9.80 Å². The van der Waals surface area contributed by atoms with Crippen LogP contribution in [0.4, 0.5) is 11.4 Å². The molecule has 2 amide bonds. The molecule has 5 rings (SSSR count). The number of aliphatic hydroxyl groups excluding tert-OH is 1. The van der Waals surface area contributed by atoms with E-state index in [1.54, 1.807) is 4.90 Å².